The van der Waals surface area contributed by atoms with Crippen LogP contribution in [0.1, 0.15) is 12.0 Å². The Morgan fingerprint density at radius 1 is 1.35 bits per heavy atom. The van der Waals surface area contributed by atoms with Crippen LogP contribution in [-0.4, -0.2) is 53.9 Å². The molecule has 1 aliphatic heterocycles. The zero-order chi connectivity index (χ0) is 17.1. The molecule has 23 heavy (non-hydrogen) atoms. The molecule has 1 aliphatic rings. The Morgan fingerprint density at radius 2 is 2.04 bits per heavy atom. The fraction of sp³-hybridized carbons (Fsp3) is 0.375. The van der Waals surface area contributed by atoms with Gasteiger partial charge in [-0.1, -0.05) is 29.3 Å². The summed E-state index contributed by atoms with van der Waals surface area (Å²) in [6, 6.07) is 5.45. The SMILES string of the molecule is CN1CC(C(=O)N(C)CCCc2ccc(Cl)c(Cl)c2)=C(O)C1=O. The number of rotatable bonds is 5. The highest BCUT2D eigenvalue weighted by Gasteiger charge is 2.32. The first-order valence-electron chi connectivity index (χ1n) is 7.18. The van der Waals surface area contributed by atoms with Crippen molar-refractivity contribution in [2.75, 3.05) is 27.2 Å². The van der Waals surface area contributed by atoms with Gasteiger partial charge in [0.15, 0.2) is 5.76 Å². The predicted octanol–water partition coefficient (Wildman–Crippen LogP) is 2.67. The molecule has 0 unspecified atom stereocenters. The van der Waals surface area contributed by atoms with Crippen LogP contribution >= 0.6 is 23.2 Å². The summed E-state index contributed by atoms with van der Waals surface area (Å²) < 4.78 is 0. The highest BCUT2D eigenvalue weighted by molar-refractivity contribution is 6.42. The summed E-state index contributed by atoms with van der Waals surface area (Å²) in [5.74, 6) is -1.29. The first-order valence-corrected chi connectivity index (χ1v) is 7.93. The minimum atomic E-state index is -0.516. The summed E-state index contributed by atoms with van der Waals surface area (Å²) in [5.41, 5.74) is 1.19. The van der Waals surface area contributed by atoms with Crippen molar-refractivity contribution in [3.8, 4) is 0 Å². The van der Waals surface area contributed by atoms with Gasteiger partial charge in [0.25, 0.3) is 11.8 Å². The van der Waals surface area contributed by atoms with E-state index < -0.39 is 11.7 Å². The molecule has 124 valence electrons. The molecule has 0 atom stereocenters. The number of aliphatic hydroxyl groups is 1. The molecule has 5 nitrogen and oxygen atoms in total. The molecular formula is C16H18Cl2N2O3. The number of hydrogen-bond donors (Lipinski definition) is 1. The van der Waals surface area contributed by atoms with Crippen molar-refractivity contribution in [1.82, 2.24) is 9.80 Å². The molecule has 0 aliphatic carbocycles. The Bertz CT molecular complexity index is 673. The molecule has 1 aromatic carbocycles. The first kappa shape index (κ1) is 17.6. The number of benzene rings is 1. The Balaban J connectivity index is 1.90. The van der Waals surface area contributed by atoms with Crippen molar-refractivity contribution >= 4 is 35.0 Å². The Morgan fingerprint density at radius 3 is 2.61 bits per heavy atom. The number of halogens is 2. The molecule has 0 saturated heterocycles. The number of aryl methyl sites for hydroxylation is 1. The average Bonchev–Trinajstić information content (AvgIpc) is 2.77. The van der Waals surface area contributed by atoms with E-state index in [1.165, 1.54) is 9.80 Å². The maximum atomic E-state index is 12.3. The minimum Gasteiger partial charge on any atom is -0.503 e. The van der Waals surface area contributed by atoms with E-state index in [0.29, 0.717) is 16.6 Å². The van der Waals surface area contributed by atoms with Gasteiger partial charge < -0.3 is 14.9 Å². The van der Waals surface area contributed by atoms with Crippen LogP contribution in [0.2, 0.25) is 10.0 Å². The Hall–Kier alpha value is -1.72. The fourth-order valence-corrected chi connectivity index (χ4v) is 2.73. The van der Waals surface area contributed by atoms with Crippen LogP contribution in [-0.2, 0) is 16.0 Å². The molecule has 0 radical (unpaired) electrons. The zero-order valence-corrected chi connectivity index (χ0v) is 14.5. The quantitative estimate of drug-likeness (QED) is 0.882. The highest BCUT2D eigenvalue weighted by atomic mass is 35.5. The average molecular weight is 357 g/mol. The third kappa shape index (κ3) is 3.98. The summed E-state index contributed by atoms with van der Waals surface area (Å²) in [6.45, 7) is 0.647. The molecule has 0 aromatic heterocycles. The molecule has 1 N–H and O–H groups in total. The van der Waals surface area contributed by atoms with Gasteiger partial charge in [-0.25, -0.2) is 0 Å². The molecular weight excluding hydrogens is 339 g/mol. The maximum Gasteiger partial charge on any atom is 0.289 e. The van der Waals surface area contributed by atoms with E-state index in [9.17, 15) is 14.7 Å². The normalized spacial score (nSPS) is 14.6. The highest BCUT2D eigenvalue weighted by Crippen LogP contribution is 2.23. The monoisotopic (exact) mass is 356 g/mol. The molecule has 0 bridgehead atoms. The lowest BCUT2D eigenvalue weighted by atomic mass is 10.1. The van der Waals surface area contributed by atoms with Gasteiger partial charge >= 0.3 is 0 Å². The summed E-state index contributed by atoms with van der Waals surface area (Å²) in [7, 11) is 3.20. The Kier molecular flexibility index (Phi) is 5.55. The van der Waals surface area contributed by atoms with Crippen molar-refractivity contribution in [2.45, 2.75) is 12.8 Å². The van der Waals surface area contributed by atoms with Crippen LogP contribution in [0.25, 0.3) is 0 Å². The van der Waals surface area contributed by atoms with Crippen molar-refractivity contribution in [3.05, 3.63) is 45.1 Å². The second-order valence-electron chi connectivity index (χ2n) is 5.57. The minimum absolute atomic E-state index is 0.140. The lowest BCUT2D eigenvalue weighted by Crippen LogP contribution is -2.31. The number of amides is 2. The van der Waals surface area contributed by atoms with Crippen LogP contribution in [0.3, 0.4) is 0 Å². The van der Waals surface area contributed by atoms with Gasteiger partial charge in [0.05, 0.1) is 22.2 Å². The van der Waals surface area contributed by atoms with Gasteiger partial charge in [0.2, 0.25) is 0 Å². The van der Waals surface area contributed by atoms with Gasteiger partial charge in [0, 0.05) is 20.6 Å². The molecule has 7 heteroatoms. The lowest BCUT2D eigenvalue weighted by Gasteiger charge is -2.18. The number of hydrogen-bond acceptors (Lipinski definition) is 3. The molecule has 1 heterocycles. The summed E-state index contributed by atoms with van der Waals surface area (Å²) in [4.78, 5) is 26.6. The van der Waals surface area contributed by atoms with Gasteiger partial charge in [0.1, 0.15) is 0 Å². The number of aliphatic hydroxyl groups excluding tert-OH is 1. The standard InChI is InChI=1S/C16H18Cl2N2O3/c1-19(15(22)11-9-20(2)16(23)14(11)21)7-3-4-10-5-6-12(17)13(18)8-10/h5-6,8,21H,3-4,7,9H2,1-2H3. The van der Waals surface area contributed by atoms with E-state index in [1.54, 1.807) is 20.2 Å². The van der Waals surface area contributed by atoms with Crippen LogP contribution in [0.5, 0.6) is 0 Å². The van der Waals surface area contributed by atoms with Gasteiger partial charge in [-0.05, 0) is 30.5 Å². The Labute approximate surface area is 145 Å². The van der Waals surface area contributed by atoms with E-state index in [2.05, 4.69) is 0 Å². The van der Waals surface area contributed by atoms with Crippen LogP contribution in [0, 0.1) is 0 Å². The van der Waals surface area contributed by atoms with E-state index >= 15 is 0 Å². The molecule has 1 aromatic rings. The zero-order valence-electron chi connectivity index (χ0n) is 13.0. The number of carbonyl (C=O) groups excluding carboxylic acids is 2. The van der Waals surface area contributed by atoms with Gasteiger partial charge in [-0.15, -0.1) is 0 Å². The molecule has 2 amide bonds. The topological polar surface area (TPSA) is 60.9 Å². The summed E-state index contributed by atoms with van der Waals surface area (Å²) >= 11 is 11.8. The smallest absolute Gasteiger partial charge is 0.289 e. The van der Waals surface area contributed by atoms with Crippen molar-refractivity contribution in [3.63, 3.8) is 0 Å². The maximum absolute atomic E-state index is 12.3. The van der Waals surface area contributed by atoms with E-state index in [4.69, 9.17) is 23.2 Å². The lowest BCUT2D eigenvalue weighted by molar-refractivity contribution is -0.127. The second kappa shape index (κ2) is 7.23. The number of carbonyl (C=O) groups is 2. The largest absolute Gasteiger partial charge is 0.503 e. The summed E-state index contributed by atoms with van der Waals surface area (Å²) in [6.07, 6.45) is 1.48. The van der Waals surface area contributed by atoms with E-state index in [-0.39, 0.29) is 18.0 Å². The third-order valence-corrected chi connectivity index (χ3v) is 4.52. The van der Waals surface area contributed by atoms with Gasteiger partial charge in [-0.3, -0.25) is 9.59 Å². The third-order valence-electron chi connectivity index (χ3n) is 3.78. The fourth-order valence-electron chi connectivity index (χ4n) is 2.41. The van der Waals surface area contributed by atoms with Crippen molar-refractivity contribution in [1.29, 1.82) is 0 Å². The van der Waals surface area contributed by atoms with Crippen molar-refractivity contribution in [2.24, 2.45) is 0 Å². The number of nitrogens with zero attached hydrogens (tertiary/aromatic N) is 2. The van der Waals surface area contributed by atoms with Gasteiger partial charge in [-0.2, -0.15) is 0 Å². The van der Waals surface area contributed by atoms with Crippen LogP contribution < -0.4 is 0 Å². The molecule has 2 rings (SSSR count). The van der Waals surface area contributed by atoms with Crippen LogP contribution in [0.4, 0.5) is 0 Å². The molecule has 0 spiro atoms. The van der Waals surface area contributed by atoms with Crippen LogP contribution in [0.15, 0.2) is 29.5 Å². The van der Waals surface area contributed by atoms with E-state index in [0.717, 1.165) is 18.4 Å². The summed E-state index contributed by atoms with van der Waals surface area (Å²) in [5, 5.41) is 10.7. The van der Waals surface area contributed by atoms with Crippen molar-refractivity contribution < 1.29 is 14.7 Å². The van der Waals surface area contributed by atoms with E-state index in [1.807, 2.05) is 12.1 Å². The second-order valence-corrected chi connectivity index (χ2v) is 6.38. The molecule has 0 fully saturated rings. The molecule has 0 saturated carbocycles. The first-order chi connectivity index (χ1) is 10.8. The number of likely N-dealkylation sites (N-methyl/N-ethyl adjacent to an activating group) is 2. The predicted molar refractivity (Wildman–Crippen MR) is 89.7 cm³/mol.